The highest BCUT2D eigenvalue weighted by atomic mass is 16.5. The van der Waals surface area contributed by atoms with E-state index in [2.05, 4.69) is 17.1 Å². The molecule has 0 radical (unpaired) electrons. The molecule has 17 heavy (non-hydrogen) atoms. The van der Waals surface area contributed by atoms with Gasteiger partial charge in [0.05, 0.1) is 6.61 Å². The van der Waals surface area contributed by atoms with Crippen molar-refractivity contribution in [3.63, 3.8) is 0 Å². The Balaban J connectivity index is 2.14. The molecular weight excluding hydrogens is 220 g/mol. The highest BCUT2D eigenvalue weighted by molar-refractivity contribution is 5.76. The maximum Gasteiger partial charge on any atom is 0.318 e. The minimum atomic E-state index is -0.432. The lowest BCUT2D eigenvalue weighted by Gasteiger charge is -2.08. The van der Waals surface area contributed by atoms with Crippen molar-refractivity contribution in [3.8, 4) is 0 Å². The van der Waals surface area contributed by atoms with Gasteiger partial charge in [0.1, 0.15) is 5.92 Å². The van der Waals surface area contributed by atoms with Crippen LogP contribution < -0.4 is 0 Å². The van der Waals surface area contributed by atoms with Crippen molar-refractivity contribution in [2.24, 2.45) is 0 Å². The highest BCUT2D eigenvalue weighted by Gasteiger charge is 2.44. The minimum absolute atomic E-state index is 0.0642. The topological polar surface area (TPSA) is 65.2 Å². The predicted octanol–water partition coefficient (Wildman–Crippen LogP) is 2.18. The average molecular weight is 238 g/mol. The second kappa shape index (κ2) is 4.47. The number of carbonyl (C=O) groups is 1. The Kier molecular flexibility index (Phi) is 3.17. The van der Waals surface area contributed by atoms with Crippen molar-refractivity contribution in [2.45, 2.75) is 51.4 Å². The second-order valence-electron chi connectivity index (χ2n) is 4.73. The molecule has 1 aliphatic rings. The van der Waals surface area contributed by atoms with E-state index in [1.54, 1.807) is 6.92 Å². The molecule has 94 valence electrons. The van der Waals surface area contributed by atoms with Crippen molar-refractivity contribution in [2.75, 3.05) is 6.61 Å². The van der Waals surface area contributed by atoms with Crippen LogP contribution in [0.1, 0.15) is 57.7 Å². The van der Waals surface area contributed by atoms with Crippen LogP contribution in [0, 0.1) is 0 Å². The molecule has 1 heterocycles. The minimum Gasteiger partial charge on any atom is -0.465 e. The Bertz CT molecular complexity index is 410. The van der Waals surface area contributed by atoms with E-state index in [0.29, 0.717) is 18.9 Å². The fraction of sp³-hybridized carbons (Fsp3) is 0.750. The quantitative estimate of drug-likeness (QED) is 0.735. The second-order valence-corrected chi connectivity index (χ2v) is 4.73. The van der Waals surface area contributed by atoms with Crippen molar-refractivity contribution in [1.29, 1.82) is 0 Å². The van der Waals surface area contributed by atoms with Gasteiger partial charge in [-0.3, -0.25) is 4.79 Å². The molecule has 1 aliphatic carbocycles. The van der Waals surface area contributed by atoms with E-state index in [1.807, 2.05) is 6.92 Å². The Morgan fingerprint density at radius 1 is 1.53 bits per heavy atom. The van der Waals surface area contributed by atoms with E-state index in [9.17, 15) is 4.79 Å². The summed E-state index contributed by atoms with van der Waals surface area (Å²) in [6, 6.07) is 0. The average Bonchev–Trinajstić information content (AvgIpc) is 2.87. The molecule has 1 saturated carbocycles. The lowest BCUT2D eigenvalue weighted by atomic mass is 10.1. The van der Waals surface area contributed by atoms with Crippen molar-refractivity contribution < 1.29 is 14.1 Å². The van der Waals surface area contributed by atoms with Gasteiger partial charge in [0, 0.05) is 5.41 Å². The fourth-order valence-electron chi connectivity index (χ4n) is 1.72. The Morgan fingerprint density at radius 2 is 2.24 bits per heavy atom. The molecule has 0 saturated heterocycles. The third kappa shape index (κ3) is 2.33. The molecule has 5 nitrogen and oxygen atoms in total. The van der Waals surface area contributed by atoms with Gasteiger partial charge < -0.3 is 9.26 Å². The monoisotopic (exact) mass is 238 g/mol. The summed E-state index contributed by atoms with van der Waals surface area (Å²) in [5.41, 5.74) is 0.0642. The summed E-state index contributed by atoms with van der Waals surface area (Å²) in [7, 11) is 0. The van der Waals surface area contributed by atoms with Gasteiger partial charge in [0.15, 0.2) is 5.82 Å². The first-order valence-corrected chi connectivity index (χ1v) is 6.11. The normalized spacial score (nSPS) is 18.8. The summed E-state index contributed by atoms with van der Waals surface area (Å²) in [6.07, 6.45) is 2.78. The predicted molar refractivity (Wildman–Crippen MR) is 60.5 cm³/mol. The van der Waals surface area contributed by atoms with Crippen LogP contribution in [0.25, 0.3) is 0 Å². The Hall–Kier alpha value is -1.39. The highest BCUT2D eigenvalue weighted by Crippen LogP contribution is 2.46. The molecule has 2 rings (SSSR count). The smallest absolute Gasteiger partial charge is 0.318 e. The van der Waals surface area contributed by atoms with E-state index >= 15 is 0 Å². The number of nitrogens with zero attached hydrogens (tertiary/aromatic N) is 2. The summed E-state index contributed by atoms with van der Waals surface area (Å²) in [5, 5.41) is 3.97. The number of esters is 1. The Morgan fingerprint density at radius 3 is 2.76 bits per heavy atom. The number of hydrogen-bond donors (Lipinski definition) is 0. The van der Waals surface area contributed by atoms with Gasteiger partial charge in [0.25, 0.3) is 0 Å². The molecule has 1 atom stereocenters. The summed E-state index contributed by atoms with van der Waals surface area (Å²) >= 11 is 0. The van der Waals surface area contributed by atoms with Crippen molar-refractivity contribution in [3.05, 3.63) is 11.7 Å². The largest absolute Gasteiger partial charge is 0.465 e. The lowest BCUT2D eigenvalue weighted by Crippen LogP contribution is -2.16. The molecule has 1 fully saturated rings. The van der Waals surface area contributed by atoms with Gasteiger partial charge >= 0.3 is 5.97 Å². The SMILES string of the molecule is CCOC(=O)C(CC)c1nc(C2(C)CC2)no1. The van der Waals surface area contributed by atoms with Gasteiger partial charge in [-0.15, -0.1) is 0 Å². The van der Waals surface area contributed by atoms with Gasteiger partial charge in [-0.1, -0.05) is 19.0 Å². The number of carbonyl (C=O) groups excluding carboxylic acids is 1. The zero-order chi connectivity index (χ0) is 12.5. The van der Waals surface area contributed by atoms with Gasteiger partial charge in [0.2, 0.25) is 5.89 Å². The van der Waals surface area contributed by atoms with Crippen LogP contribution in [-0.4, -0.2) is 22.7 Å². The number of aromatic nitrogens is 2. The first-order chi connectivity index (χ1) is 8.10. The molecule has 0 bridgehead atoms. The molecule has 5 heteroatoms. The summed E-state index contributed by atoms with van der Waals surface area (Å²) in [4.78, 5) is 16.0. The summed E-state index contributed by atoms with van der Waals surface area (Å²) < 4.78 is 10.2. The summed E-state index contributed by atoms with van der Waals surface area (Å²) in [5.74, 6) is 0.383. The molecule has 1 unspecified atom stereocenters. The van der Waals surface area contributed by atoms with Crippen LogP contribution in [0.3, 0.4) is 0 Å². The number of rotatable bonds is 5. The zero-order valence-electron chi connectivity index (χ0n) is 10.5. The number of hydrogen-bond acceptors (Lipinski definition) is 5. The van der Waals surface area contributed by atoms with Gasteiger partial charge in [-0.05, 0) is 26.2 Å². The van der Waals surface area contributed by atoms with Crippen LogP contribution in [0.2, 0.25) is 0 Å². The molecule has 1 aromatic rings. The first kappa shape index (κ1) is 12.1. The molecule has 0 N–H and O–H groups in total. The van der Waals surface area contributed by atoms with Crippen LogP contribution in [0.15, 0.2) is 4.52 Å². The van der Waals surface area contributed by atoms with Crippen molar-refractivity contribution >= 4 is 5.97 Å². The fourth-order valence-corrected chi connectivity index (χ4v) is 1.72. The zero-order valence-corrected chi connectivity index (χ0v) is 10.5. The maximum absolute atomic E-state index is 11.7. The molecule has 0 aliphatic heterocycles. The molecular formula is C12H18N2O3. The third-order valence-corrected chi connectivity index (χ3v) is 3.26. The molecule has 1 aromatic heterocycles. The molecule has 0 amide bonds. The van der Waals surface area contributed by atoms with E-state index in [4.69, 9.17) is 9.26 Å². The lowest BCUT2D eigenvalue weighted by molar-refractivity contribution is -0.145. The van der Waals surface area contributed by atoms with Crippen LogP contribution in [-0.2, 0) is 14.9 Å². The van der Waals surface area contributed by atoms with Crippen LogP contribution in [0.4, 0.5) is 0 Å². The summed E-state index contributed by atoms with van der Waals surface area (Å²) in [6.45, 7) is 6.17. The van der Waals surface area contributed by atoms with Crippen LogP contribution >= 0.6 is 0 Å². The van der Waals surface area contributed by atoms with Crippen LogP contribution in [0.5, 0.6) is 0 Å². The molecule has 0 spiro atoms. The van der Waals surface area contributed by atoms with E-state index in [-0.39, 0.29) is 11.4 Å². The standard InChI is InChI=1S/C12H18N2O3/c1-4-8(10(15)16-5-2)9-13-11(14-17-9)12(3)6-7-12/h8H,4-7H2,1-3H3. The van der Waals surface area contributed by atoms with E-state index < -0.39 is 5.92 Å². The van der Waals surface area contributed by atoms with Crippen molar-refractivity contribution in [1.82, 2.24) is 10.1 Å². The first-order valence-electron chi connectivity index (χ1n) is 6.11. The molecule has 0 aromatic carbocycles. The maximum atomic E-state index is 11.7. The van der Waals surface area contributed by atoms with E-state index in [0.717, 1.165) is 18.7 Å². The third-order valence-electron chi connectivity index (χ3n) is 3.26. The Labute approximate surface area is 101 Å². The van der Waals surface area contributed by atoms with Gasteiger partial charge in [-0.2, -0.15) is 4.98 Å². The van der Waals surface area contributed by atoms with Gasteiger partial charge in [-0.25, -0.2) is 0 Å². The number of ether oxygens (including phenoxy) is 1. The van der Waals surface area contributed by atoms with E-state index in [1.165, 1.54) is 0 Å².